The summed E-state index contributed by atoms with van der Waals surface area (Å²) in [7, 11) is 1.60. The van der Waals surface area contributed by atoms with Crippen LogP contribution in [-0.2, 0) is 14.3 Å². The molecule has 10 nitrogen and oxygen atoms in total. The molecule has 0 aliphatic carbocycles. The van der Waals surface area contributed by atoms with Gasteiger partial charge < -0.3 is 29.5 Å². The molecule has 2 heterocycles. The van der Waals surface area contributed by atoms with Crippen LogP contribution in [0.25, 0.3) is 22.5 Å². The number of aromatic nitrogens is 1. The van der Waals surface area contributed by atoms with Crippen LogP contribution in [0, 0.1) is 5.41 Å². The molecular weight excluding hydrogens is 562 g/mol. The molecule has 3 aromatic rings. The van der Waals surface area contributed by atoms with Gasteiger partial charge in [0, 0.05) is 29.7 Å². The Labute approximate surface area is 258 Å². The average molecular weight is 604 g/mol. The summed E-state index contributed by atoms with van der Waals surface area (Å²) in [5, 5.41) is 12.8. The second-order valence-electron chi connectivity index (χ2n) is 12.9. The zero-order valence-corrected chi connectivity index (χ0v) is 26.3. The maximum Gasteiger partial charge on any atom is 0.408 e. The number of alkyl carbamates (subject to hydrolysis) is 1. The quantitative estimate of drug-likeness (QED) is 0.331. The topological polar surface area (TPSA) is 127 Å². The highest BCUT2D eigenvalue weighted by Gasteiger charge is 2.46. The van der Waals surface area contributed by atoms with Crippen molar-refractivity contribution in [1.82, 2.24) is 15.2 Å². The Bertz CT molecular complexity index is 1480. The van der Waals surface area contributed by atoms with E-state index < -0.39 is 47.2 Å². The number of carboxylic acid groups (broad SMARTS) is 1. The lowest BCUT2D eigenvalue weighted by molar-refractivity contribution is -0.150. The van der Waals surface area contributed by atoms with E-state index in [0.717, 1.165) is 16.9 Å². The van der Waals surface area contributed by atoms with Gasteiger partial charge in [-0.3, -0.25) is 4.79 Å². The third-order valence-electron chi connectivity index (χ3n) is 7.16. The first-order valence-electron chi connectivity index (χ1n) is 14.6. The molecule has 234 valence electrons. The van der Waals surface area contributed by atoms with Crippen LogP contribution >= 0.6 is 0 Å². The predicted molar refractivity (Wildman–Crippen MR) is 166 cm³/mol. The Balaban J connectivity index is 1.62. The Kier molecular flexibility index (Phi) is 9.51. The van der Waals surface area contributed by atoms with Gasteiger partial charge in [0.15, 0.2) is 0 Å². The highest BCUT2D eigenvalue weighted by atomic mass is 16.6. The Morgan fingerprint density at radius 2 is 1.50 bits per heavy atom. The maximum atomic E-state index is 13.9. The largest absolute Gasteiger partial charge is 0.497 e. The fraction of sp³-hybridized carbons (Fsp3) is 0.412. The van der Waals surface area contributed by atoms with Gasteiger partial charge in [-0.1, -0.05) is 51.1 Å². The molecule has 0 bridgehead atoms. The van der Waals surface area contributed by atoms with Gasteiger partial charge in [-0.15, -0.1) is 0 Å². The minimum atomic E-state index is -1.15. The molecule has 2 N–H and O–H groups in total. The lowest BCUT2D eigenvalue weighted by Crippen LogP contribution is -2.57. The van der Waals surface area contributed by atoms with Crippen molar-refractivity contribution in [3.63, 3.8) is 0 Å². The van der Waals surface area contributed by atoms with Crippen LogP contribution in [0.15, 0.2) is 66.7 Å². The summed E-state index contributed by atoms with van der Waals surface area (Å²) >= 11 is 0. The first-order chi connectivity index (χ1) is 20.6. The molecule has 10 heteroatoms. The second kappa shape index (κ2) is 13.0. The molecule has 2 amide bonds. The first kappa shape index (κ1) is 32.3. The van der Waals surface area contributed by atoms with Crippen molar-refractivity contribution in [3.8, 4) is 34.0 Å². The van der Waals surface area contributed by atoms with E-state index in [4.69, 9.17) is 19.2 Å². The number of likely N-dealkylation sites (tertiary alicyclic amines) is 1. The van der Waals surface area contributed by atoms with Gasteiger partial charge >= 0.3 is 12.1 Å². The molecule has 1 aliphatic rings. The molecular formula is C34H41N3O7. The number of methoxy groups -OCH3 is 1. The molecule has 1 unspecified atom stereocenters. The summed E-state index contributed by atoms with van der Waals surface area (Å²) in [6.45, 7) is 10.6. The van der Waals surface area contributed by atoms with E-state index in [1.807, 2.05) is 60.7 Å². The monoisotopic (exact) mass is 603 g/mol. The number of pyridine rings is 1. The van der Waals surface area contributed by atoms with E-state index in [1.54, 1.807) is 54.7 Å². The van der Waals surface area contributed by atoms with Crippen LogP contribution in [0.1, 0.15) is 48.0 Å². The Morgan fingerprint density at radius 1 is 0.909 bits per heavy atom. The van der Waals surface area contributed by atoms with Crippen molar-refractivity contribution in [2.24, 2.45) is 5.41 Å². The van der Waals surface area contributed by atoms with E-state index in [9.17, 15) is 19.5 Å². The molecule has 1 fully saturated rings. The molecule has 1 aromatic heterocycles. The normalized spacial score (nSPS) is 17.5. The second-order valence-corrected chi connectivity index (χ2v) is 12.9. The predicted octanol–water partition coefficient (Wildman–Crippen LogP) is 5.80. The maximum absolute atomic E-state index is 13.9. The van der Waals surface area contributed by atoms with Crippen LogP contribution in [-0.4, -0.2) is 70.4 Å². The smallest absolute Gasteiger partial charge is 0.408 e. The number of hydrogen-bond donors (Lipinski definition) is 2. The van der Waals surface area contributed by atoms with Crippen LogP contribution in [0.2, 0.25) is 0 Å². The number of nitrogens with zero attached hydrogens (tertiary/aromatic N) is 2. The fourth-order valence-corrected chi connectivity index (χ4v) is 5.03. The minimum Gasteiger partial charge on any atom is -0.497 e. The Hall–Kier alpha value is -4.60. The first-order valence-corrected chi connectivity index (χ1v) is 14.6. The number of carboxylic acids is 1. The van der Waals surface area contributed by atoms with E-state index >= 15 is 0 Å². The van der Waals surface area contributed by atoms with Gasteiger partial charge in [-0.2, -0.15) is 0 Å². The van der Waals surface area contributed by atoms with Gasteiger partial charge in [-0.25, -0.2) is 14.6 Å². The van der Waals surface area contributed by atoms with Crippen molar-refractivity contribution < 1.29 is 33.7 Å². The molecule has 0 saturated carbocycles. The summed E-state index contributed by atoms with van der Waals surface area (Å²) in [5.41, 5.74) is 1.60. The van der Waals surface area contributed by atoms with E-state index in [2.05, 4.69) is 5.32 Å². The number of aliphatic carboxylic acids is 1. The van der Waals surface area contributed by atoms with Crippen LogP contribution < -0.4 is 14.8 Å². The highest BCUT2D eigenvalue weighted by molar-refractivity contribution is 5.90. The summed E-state index contributed by atoms with van der Waals surface area (Å²) in [5.74, 6) is -0.449. The van der Waals surface area contributed by atoms with Crippen molar-refractivity contribution in [2.45, 2.75) is 71.8 Å². The molecule has 1 saturated heterocycles. The third-order valence-corrected chi connectivity index (χ3v) is 7.16. The molecule has 1 aliphatic heterocycles. The zero-order valence-electron chi connectivity index (χ0n) is 26.3. The SMILES string of the molecule is COc1ccc(-c2cc(OC3C[C@@H](C(=O)O)N(C(=O)[C@@H](NC(=O)OC(C)(C)C)C(C)(C)C)C3)cc(-c3ccccc3)n2)cc1. The van der Waals surface area contributed by atoms with Crippen molar-refractivity contribution in [1.29, 1.82) is 0 Å². The van der Waals surface area contributed by atoms with Crippen LogP contribution in [0.3, 0.4) is 0 Å². The van der Waals surface area contributed by atoms with Gasteiger partial charge in [0.05, 0.1) is 25.0 Å². The van der Waals surface area contributed by atoms with Gasteiger partial charge in [-0.05, 0) is 50.5 Å². The Morgan fingerprint density at radius 3 is 2.02 bits per heavy atom. The summed E-state index contributed by atoms with van der Waals surface area (Å²) in [4.78, 5) is 45.0. The van der Waals surface area contributed by atoms with Crippen molar-refractivity contribution >= 4 is 18.0 Å². The summed E-state index contributed by atoms with van der Waals surface area (Å²) in [6, 6.07) is 18.6. The van der Waals surface area contributed by atoms with E-state index in [-0.39, 0.29) is 13.0 Å². The molecule has 2 aromatic carbocycles. The zero-order chi connectivity index (χ0) is 32.2. The standard InChI is InChI=1S/C34H41N3O7/c1-33(2,3)29(36-32(41)44-34(4,5)6)30(38)37-20-25(19-28(37)31(39)40)43-24-17-26(21-11-9-8-10-12-21)35-27(18-24)22-13-15-23(42-7)16-14-22/h8-18,25,28-29H,19-20H2,1-7H3,(H,36,41)(H,39,40)/t25?,28-,29+/m0/s1. The average Bonchev–Trinajstić information content (AvgIpc) is 3.38. The van der Waals surface area contributed by atoms with Crippen molar-refractivity contribution in [3.05, 3.63) is 66.7 Å². The number of rotatable bonds is 8. The molecule has 0 radical (unpaired) electrons. The number of hydrogen-bond acceptors (Lipinski definition) is 7. The number of benzene rings is 2. The van der Waals surface area contributed by atoms with Crippen LogP contribution in [0.4, 0.5) is 4.79 Å². The molecule has 4 rings (SSSR count). The number of carbonyl (C=O) groups excluding carboxylic acids is 2. The lowest BCUT2D eigenvalue weighted by atomic mass is 9.85. The lowest BCUT2D eigenvalue weighted by Gasteiger charge is -2.35. The van der Waals surface area contributed by atoms with E-state index in [1.165, 1.54) is 4.90 Å². The van der Waals surface area contributed by atoms with Gasteiger partial charge in [0.25, 0.3) is 0 Å². The number of nitrogens with one attached hydrogen (secondary N) is 1. The molecule has 44 heavy (non-hydrogen) atoms. The van der Waals surface area contributed by atoms with E-state index in [0.29, 0.717) is 17.1 Å². The fourth-order valence-electron chi connectivity index (χ4n) is 5.03. The highest BCUT2D eigenvalue weighted by Crippen LogP contribution is 2.33. The molecule has 0 spiro atoms. The summed E-state index contributed by atoms with van der Waals surface area (Å²) in [6.07, 6.45) is -1.29. The summed E-state index contributed by atoms with van der Waals surface area (Å²) < 4.78 is 17.1. The van der Waals surface area contributed by atoms with Gasteiger partial charge in [0.2, 0.25) is 5.91 Å². The molecule has 3 atom stereocenters. The number of ether oxygens (including phenoxy) is 3. The number of amides is 2. The number of carbonyl (C=O) groups is 3. The van der Waals surface area contributed by atoms with Crippen LogP contribution in [0.5, 0.6) is 11.5 Å². The minimum absolute atomic E-state index is 0.0270. The third kappa shape index (κ3) is 8.06. The van der Waals surface area contributed by atoms with Crippen molar-refractivity contribution in [2.75, 3.05) is 13.7 Å². The van der Waals surface area contributed by atoms with Gasteiger partial charge in [0.1, 0.15) is 35.3 Å².